The first-order valence-electron chi connectivity index (χ1n) is 8.86. The number of rotatable bonds is 4. The molecule has 1 fully saturated rings. The molecule has 1 aliphatic rings. The highest BCUT2D eigenvalue weighted by atomic mass is 16.5. The number of amides is 1. The fourth-order valence-corrected chi connectivity index (χ4v) is 3.26. The number of hydrogen-bond acceptors (Lipinski definition) is 4. The van der Waals surface area contributed by atoms with Gasteiger partial charge in [0.05, 0.1) is 19.1 Å². The zero-order chi connectivity index (χ0) is 18.6. The Labute approximate surface area is 158 Å². The number of carbonyl (C=O) groups is 1. The number of ether oxygens (including phenoxy) is 1. The monoisotopic (exact) mass is 360 g/mol. The summed E-state index contributed by atoms with van der Waals surface area (Å²) < 4.78 is 5.26. The molecule has 0 atom stereocenters. The van der Waals surface area contributed by atoms with Crippen LogP contribution in [0.1, 0.15) is 10.5 Å². The Morgan fingerprint density at radius 2 is 1.96 bits per heavy atom. The van der Waals surface area contributed by atoms with Crippen LogP contribution in [0.4, 0.5) is 5.69 Å². The van der Waals surface area contributed by atoms with Gasteiger partial charge in [-0.05, 0) is 6.07 Å². The van der Waals surface area contributed by atoms with Crippen molar-refractivity contribution in [3.8, 4) is 17.0 Å². The minimum atomic E-state index is -0.0211. The molecule has 1 aliphatic heterocycles. The third-order valence-electron chi connectivity index (χ3n) is 4.74. The van der Waals surface area contributed by atoms with Crippen LogP contribution in [0.2, 0.25) is 0 Å². The summed E-state index contributed by atoms with van der Waals surface area (Å²) in [6.45, 7) is 2.74. The van der Waals surface area contributed by atoms with Crippen LogP contribution in [-0.4, -0.2) is 54.1 Å². The molecule has 1 N–H and O–H groups in total. The largest absolute Gasteiger partial charge is 0.496 e. The lowest BCUT2D eigenvalue weighted by molar-refractivity contribution is 0.0742. The lowest BCUT2D eigenvalue weighted by Gasteiger charge is -2.35. The number of nitrogens with one attached hydrogen (secondary N) is 1. The smallest absolute Gasteiger partial charge is 0.272 e. The fourth-order valence-electron chi connectivity index (χ4n) is 3.26. The predicted molar refractivity (Wildman–Crippen MR) is 103 cm³/mol. The standard InChI is InChI=1S/C21H20N4O2/c1-27-18-9-5-8-17(14-18)24-10-12-25(13-11-24)21(26)20-19(22-15-23-20)16-6-3-2-4-7-16/h2-4,6-7,9,14-15H,10-13H2,1H3,(H,22,23). The molecule has 6 heteroatoms. The Balaban J connectivity index is 1.46. The Bertz CT molecular complexity index is 915. The minimum Gasteiger partial charge on any atom is -0.496 e. The van der Waals surface area contributed by atoms with Gasteiger partial charge in [0.15, 0.2) is 0 Å². The first-order chi connectivity index (χ1) is 13.3. The van der Waals surface area contributed by atoms with Gasteiger partial charge >= 0.3 is 0 Å². The van der Waals surface area contributed by atoms with E-state index in [1.165, 1.54) is 0 Å². The zero-order valence-corrected chi connectivity index (χ0v) is 15.1. The molecule has 2 heterocycles. The van der Waals surface area contributed by atoms with Crippen molar-refractivity contribution in [1.82, 2.24) is 14.9 Å². The number of imidazole rings is 1. The topological polar surface area (TPSA) is 61.5 Å². The van der Waals surface area contributed by atoms with Crippen LogP contribution in [0.15, 0.2) is 48.8 Å². The summed E-state index contributed by atoms with van der Waals surface area (Å²) in [6, 6.07) is 19.5. The molecule has 2 aromatic carbocycles. The van der Waals surface area contributed by atoms with Crippen LogP contribution in [0, 0.1) is 12.1 Å². The number of H-pyrrole nitrogens is 1. The minimum absolute atomic E-state index is 0.0211. The van der Waals surface area contributed by atoms with Crippen molar-refractivity contribution in [2.75, 3.05) is 38.2 Å². The van der Waals surface area contributed by atoms with Crippen LogP contribution < -0.4 is 9.64 Å². The maximum Gasteiger partial charge on any atom is 0.272 e. The van der Waals surface area contributed by atoms with Crippen LogP contribution >= 0.6 is 0 Å². The average molecular weight is 360 g/mol. The molecule has 0 unspecified atom stereocenters. The third-order valence-corrected chi connectivity index (χ3v) is 4.74. The van der Waals surface area contributed by atoms with Crippen molar-refractivity contribution < 1.29 is 9.53 Å². The summed E-state index contributed by atoms with van der Waals surface area (Å²) in [5.74, 6) is 0.736. The predicted octanol–water partition coefficient (Wildman–Crippen LogP) is 2.65. The lowest BCUT2D eigenvalue weighted by Crippen LogP contribution is -2.49. The number of carbonyl (C=O) groups excluding carboxylic acids is 1. The lowest BCUT2D eigenvalue weighted by atomic mass is 10.1. The first-order valence-corrected chi connectivity index (χ1v) is 8.86. The summed E-state index contributed by atoms with van der Waals surface area (Å²) in [5, 5.41) is 0. The SMILES string of the molecule is COc1cc#cc(N2CCN(C(=O)c3[nH]cnc3-c3ccccc3)CC2)c1. The molecular formula is C21H20N4O2. The van der Waals surface area contributed by atoms with Gasteiger partial charge in [-0.25, -0.2) is 4.98 Å². The van der Waals surface area contributed by atoms with Gasteiger partial charge in [-0.2, -0.15) is 0 Å². The molecular weight excluding hydrogens is 340 g/mol. The van der Waals surface area contributed by atoms with Gasteiger partial charge in [-0.3, -0.25) is 4.79 Å². The van der Waals surface area contributed by atoms with Crippen molar-refractivity contribution in [2.24, 2.45) is 0 Å². The molecule has 1 aromatic heterocycles. The highest BCUT2D eigenvalue weighted by Crippen LogP contribution is 2.23. The highest BCUT2D eigenvalue weighted by Gasteiger charge is 2.26. The Morgan fingerprint density at radius 1 is 1.19 bits per heavy atom. The van der Waals surface area contributed by atoms with Gasteiger partial charge in [-0.15, -0.1) is 0 Å². The second kappa shape index (κ2) is 7.42. The van der Waals surface area contributed by atoms with Gasteiger partial charge in [0.2, 0.25) is 0 Å². The van der Waals surface area contributed by atoms with E-state index in [0.717, 1.165) is 30.1 Å². The van der Waals surface area contributed by atoms with Crippen molar-refractivity contribution in [3.63, 3.8) is 0 Å². The number of aromatic amines is 1. The number of aromatic nitrogens is 2. The third kappa shape index (κ3) is 3.44. The summed E-state index contributed by atoms with van der Waals surface area (Å²) in [7, 11) is 1.64. The van der Waals surface area contributed by atoms with E-state index in [9.17, 15) is 4.79 Å². The van der Waals surface area contributed by atoms with Gasteiger partial charge in [0.25, 0.3) is 5.91 Å². The van der Waals surface area contributed by atoms with Crippen molar-refractivity contribution >= 4 is 11.6 Å². The van der Waals surface area contributed by atoms with Crippen LogP contribution in [0.25, 0.3) is 11.3 Å². The maximum absolute atomic E-state index is 13.0. The molecule has 1 amide bonds. The molecule has 27 heavy (non-hydrogen) atoms. The molecule has 0 bridgehead atoms. The van der Waals surface area contributed by atoms with E-state index in [2.05, 4.69) is 27.0 Å². The van der Waals surface area contributed by atoms with Gasteiger partial charge in [-0.1, -0.05) is 36.4 Å². The number of benzene rings is 1. The number of piperazine rings is 1. The van der Waals surface area contributed by atoms with E-state index in [0.29, 0.717) is 24.5 Å². The fraction of sp³-hybridized carbons (Fsp3) is 0.238. The molecule has 0 radical (unpaired) electrons. The van der Waals surface area contributed by atoms with E-state index >= 15 is 0 Å². The molecule has 4 rings (SSSR count). The van der Waals surface area contributed by atoms with E-state index in [1.807, 2.05) is 41.3 Å². The zero-order valence-electron chi connectivity index (χ0n) is 15.1. The van der Waals surface area contributed by atoms with Gasteiger partial charge in [0.1, 0.15) is 17.1 Å². The molecule has 1 saturated heterocycles. The van der Waals surface area contributed by atoms with E-state index in [1.54, 1.807) is 19.5 Å². The van der Waals surface area contributed by atoms with E-state index in [-0.39, 0.29) is 5.91 Å². The Kier molecular flexibility index (Phi) is 4.67. The summed E-state index contributed by atoms with van der Waals surface area (Å²) in [5.41, 5.74) is 3.10. The maximum atomic E-state index is 13.0. The molecule has 6 nitrogen and oxygen atoms in total. The average Bonchev–Trinajstić information content (AvgIpc) is 3.24. The summed E-state index contributed by atoms with van der Waals surface area (Å²) in [6.07, 6.45) is 1.58. The summed E-state index contributed by atoms with van der Waals surface area (Å²) >= 11 is 0. The quantitative estimate of drug-likeness (QED) is 0.777. The first kappa shape index (κ1) is 17.0. The van der Waals surface area contributed by atoms with Gasteiger partial charge < -0.3 is 19.5 Å². The van der Waals surface area contributed by atoms with E-state index < -0.39 is 0 Å². The van der Waals surface area contributed by atoms with E-state index in [4.69, 9.17) is 4.74 Å². The molecule has 3 aromatic rings. The second-order valence-corrected chi connectivity index (χ2v) is 6.32. The van der Waals surface area contributed by atoms with Crippen LogP contribution in [0.3, 0.4) is 0 Å². The number of nitrogens with zero attached hydrogens (tertiary/aromatic N) is 3. The molecule has 0 spiro atoms. The molecule has 136 valence electrons. The Morgan fingerprint density at radius 3 is 2.70 bits per heavy atom. The number of anilines is 1. The molecule has 0 saturated carbocycles. The van der Waals surface area contributed by atoms with Crippen molar-refractivity contribution in [3.05, 3.63) is 66.6 Å². The van der Waals surface area contributed by atoms with Crippen LogP contribution in [0.5, 0.6) is 5.75 Å². The Hall–Kier alpha value is -3.46. The second-order valence-electron chi connectivity index (χ2n) is 6.32. The number of methoxy groups -OCH3 is 1. The normalized spacial score (nSPS) is 14.0. The molecule has 0 aliphatic carbocycles. The number of hydrogen-bond donors (Lipinski definition) is 1. The van der Waals surface area contributed by atoms with Crippen molar-refractivity contribution in [2.45, 2.75) is 0 Å². The summed E-state index contributed by atoms with van der Waals surface area (Å²) in [4.78, 5) is 24.4. The van der Waals surface area contributed by atoms with Crippen molar-refractivity contribution in [1.29, 1.82) is 0 Å². The van der Waals surface area contributed by atoms with Crippen LogP contribution in [-0.2, 0) is 0 Å². The highest BCUT2D eigenvalue weighted by molar-refractivity contribution is 5.98. The van der Waals surface area contributed by atoms with Gasteiger partial charge in [0, 0.05) is 43.9 Å².